The SMILES string of the molecule is CC(C)c1noc([C@@H]2CCCN2Cc2nnc(C(C)C)o2)n1. The maximum Gasteiger partial charge on any atom is 0.244 e. The van der Waals surface area contributed by atoms with Gasteiger partial charge in [0.15, 0.2) is 5.82 Å². The maximum atomic E-state index is 5.70. The molecule has 0 spiro atoms. The zero-order valence-electron chi connectivity index (χ0n) is 13.6. The molecule has 0 aromatic carbocycles. The molecule has 2 aromatic heterocycles. The minimum absolute atomic E-state index is 0.148. The van der Waals surface area contributed by atoms with Crippen LogP contribution < -0.4 is 0 Å². The van der Waals surface area contributed by atoms with Gasteiger partial charge in [-0.05, 0) is 19.4 Å². The van der Waals surface area contributed by atoms with Crippen LogP contribution in [0.3, 0.4) is 0 Å². The first-order chi connectivity index (χ1) is 10.5. The summed E-state index contributed by atoms with van der Waals surface area (Å²) in [6.45, 7) is 9.82. The van der Waals surface area contributed by atoms with E-state index in [1.165, 1.54) is 0 Å². The van der Waals surface area contributed by atoms with Gasteiger partial charge in [-0.1, -0.05) is 32.9 Å². The van der Waals surface area contributed by atoms with Gasteiger partial charge in [-0.25, -0.2) is 0 Å². The van der Waals surface area contributed by atoms with Crippen LogP contribution >= 0.6 is 0 Å². The van der Waals surface area contributed by atoms with E-state index in [-0.39, 0.29) is 17.9 Å². The van der Waals surface area contributed by atoms with Gasteiger partial charge in [0, 0.05) is 11.8 Å². The van der Waals surface area contributed by atoms with E-state index in [0.717, 1.165) is 25.2 Å². The highest BCUT2D eigenvalue weighted by molar-refractivity contribution is 5.00. The first-order valence-corrected chi connectivity index (χ1v) is 7.94. The average molecular weight is 305 g/mol. The first kappa shape index (κ1) is 15.1. The molecule has 1 aliphatic rings. The van der Waals surface area contributed by atoms with E-state index < -0.39 is 0 Å². The first-order valence-electron chi connectivity index (χ1n) is 7.94. The maximum absolute atomic E-state index is 5.70. The molecule has 1 atom stereocenters. The van der Waals surface area contributed by atoms with Crippen molar-refractivity contribution in [3.8, 4) is 0 Å². The summed E-state index contributed by atoms with van der Waals surface area (Å²) in [5.41, 5.74) is 0. The Balaban J connectivity index is 1.72. The van der Waals surface area contributed by atoms with Gasteiger partial charge in [0.1, 0.15) is 0 Å². The van der Waals surface area contributed by atoms with Gasteiger partial charge in [-0.2, -0.15) is 4.98 Å². The van der Waals surface area contributed by atoms with Crippen molar-refractivity contribution in [3.05, 3.63) is 23.5 Å². The van der Waals surface area contributed by atoms with Crippen LogP contribution in [0.2, 0.25) is 0 Å². The molecule has 0 unspecified atom stereocenters. The lowest BCUT2D eigenvalue weighted by Gasteiger charge is -2.19. The van der Waals surface area contributed by atoms with Crippen LogP contribution in [-0.4, -0.2) is 31.8 Å². The molecule has 0 saturated carbocycles. The van der Waals surface area contributed by atoms with Crippen molar-refractivity contribution in [2.75, 3.05) is 6.54 Å². The third-order valence-electron chi connectivity index (χ3n) is 3.94. The molecule has 0 aliphatic carbocycles. The quantitative estimate of drug-likeness (QED) is 0.839. The molecule has 3 heterocycles. The normalized spacial score (nSPS) is 19.6. The lowest BCUT2D eigenvalue weighted by atomic mass is 10.2. The molecule has 120 valence electrons. The van der Waals surface area contributed by atoms with E-state index in [1.807, 2.05) is 13.8 Å². The molecule has 0 bridgehead atoms. The second-order valence-electron chi connectivity index (χ2n) is 6.46. The van der Waals surface area contributed by atoms with Crippen LogP contribution in [0.4, 0.5) is 0 Å². The fourth-order valence-electron chi connectivity index (χ4n) is 2.65. The molecule has 2 aromatic rings. The second kappa shape index (κ2) is 6.16. The molecule has 1 aliphatic heterocycles. The zero-order valence-corrected chi connectivity index (χ0v) is 13.6. The van der Waals surface area contributed by atoms with Crippen LogP contribution in [0, 0.1) is 0 Å². The van der Waals surface area contributed by atoms with E-state index in [4.69, 9.17) is 8.94 Å². The number of hydrogen-bond acceptors (Lipinski definition) is 7. The van der Waals surface area contributed by atoms with Gasteiger partial charge in [-0.15, -0.1) is 10.2 Å². The van der Waals surface area contributed by atoms with Gasteiger partial charge >= 0.3 is 0 Å². The van der Waals surface area contributed by atoms with E-state index >= 15 is 0 Å². The molecule has 1 saturated heterocycles. The predicted molar refractivity (Wildman–Crippen MR) is 79.2 cm³/mol. The molecule has 22 heavy (non-hydrogen) atoms. The van der Waals surface area contributed by atoms with Crippen molar-refractivity contribution in [1.82, 2.24) is 25.2 Å². The van der Waals surface area contributed by atoms with E-state index in [2.05, 4.69) is 39.1 Å². The Hall–Kier alpha value is -1.76. The molecule has 0 radical (unpaired) electrons. The lowest BCUT2D eigenvalue weighted by Crippen LogP contribution is -2.23. The van der Waals surface area contributed by atoms with Crippen molar-refractivity contribution in [2.24, 2.45) is 0 Å². The lowest BCUT2D eigenvalue weighted by molar-refractivity contribution is 0.184. The summed E-state index contributed by atoms with van der Waals surface area (Å²) in [7, 11) is 0. The average Bonchev–Trinajstić information content (AvgIpc) is 3.18. The summed E-state index contributed by atoms with van der Waals surface area (Å²) < 4.78 is 11.2. The Kier molecular flexibility index (Phi) is 4.24. The minimum Gasteiger partial charge on any atom is -0.424 e. The third-order valence-corrected chi connectivity index (χ3v) is 3.94. The van der Waals surface area contributed by atoms with Crippen molar-refractivity contribution >= 4 is 0 Å². The van der Waals surface area contributed by atoms with Crippen molar-refractivity contribution in [2.45, 2.75) is 65.0 Å². The zero-order chi connectivity index (χ0) is 15.7. The molecule has 3 rings (SSSR count). The predicted octanol–water partition coefficient (Wildman–Crippen LogP) is 3.04. The summed E-state index contributed by atoms with van der Waals surface area (Å²) in [6.07, 6.45) is 2.13. The summed E-state index contributed by atoms with van der Waals surface area (Å²) in [5.74, 6) is 3.33. The van der Waals surface area contributed by atoms with Gasteiger partial charge < -0.3 is 8.94 Å². The Morgan fingerprint density at radius 3 is 2.64 bits per heavy atom. The highest BCUT2D eigenvalue weighted by Gasteiger charge is 2.32. The third kappa shape index (κ3) is 3.04. The Morgan fingerprint density at radius 2 is 2.00 bits per heavy atom. The van der Waals surface area contributed by atoms with Gasteiger partial charge in [-0.3, -0.25) is 4.90 Å². The highest BCUT2D eigenvalue weighted by Crippen LogP contribution is 2.32. The fourth-order valence-corrected chi connectivity index (χ4v) is 2.65. The second-order valence-corrected chi connectivity index (χ2v) is 6.46. The van der Waals surface area contributed by atoms with E-state index in [0.29, 0.717) is 24.2 Å². The Labute approximate surface area is 130 Å². The van der Waals surface area contributed by atoms with E-state index in [9.17, 15) is 0 Å². The minimum atomic E-state index is 0.148. The largest absolute Gasteiger partial charge is 0.424 e. The van der Waals surface area contributed by atoms with Crippen LogP contribution in [0.25, 0.3) is 0 Å². The highest BCUT2D eigenvalue weighted by atomic mass is 16.5. The summed E-state index contributed by atoms with van der Waals surface area (Å²) >= 11 is 0. The van der Waals surface area contributed by atoms with Gasteiger partial charge in [0.25, 0.3) is 0 Å². The molecule has 7 heteroatoms. The fraction of sp³-hybridized carbons (Fsp3) is 0.733. The topological polar surface area (TPSA) is 81.1 Å². The number of aromatic nitrogens is 4. The molecule has 0 N–H and O–H groups in total. The van der Waals surface area contributed by atoms with Crippen molar-refractivity contribution in [1.29, 1.82) is 0 Å². The summed E-state index contributed by atoms with van der Waals surface area (Å²) in [5, 5.41) is 12.3. The van der Waals surface area contributed by atoms with Gasteiger partial charge in [0.2, 0.25) is 17.7 Å². The number of rotatable bonds is 5. The monoisotopic (exact) mass is 305 g/mol. The van der Waals surface area contributed by atoms with Crippen molar-refractivity contribution in [3.63, 3.8) is 0 Å². The van der Waals surface area contributed by atoms with Crippen LogP contribution in [0.1, 0.15) is 81.9 Å². The number of likely N-dealkylation sites (tertiary alicyclic amines) is 1. The standard InChI is InChI=1S/C15H23N5O2/c1-9(2)13-16-15(22-19-13)11-6-5-7-20(11)8-12-17-18-14(21-12)10(3)4/h9-11H,5-8H2,1-4H3/t11-/m0/s1. The molecule has 1 fully saturated rings. The molecular formula is C15H23N5O2. The summed E-state index contributed by atoms with van der Waals surface area (Å²) in [6, 6.07) is 0.148. The van der Waals surface area contributed by atoms with E-state index in [1.54, 1.807) is 0 Å². The number of hydrogen-bond donors (Lipinski definition) is 0. The van der Waals surface area contributed by atoms with Crippen LogP contribution in [-0.2, 0) is 6.54 Å². The molecule has 7 nitrogen and oxygen atoms in total. The number of nitrogens with zero attached hydrogens (tertiary/aromatic N) is 5. The van der Waals surface area contributed by atoms with Gasteiger partial charge in [0.05, 0.1) is 12.6 Å². The Bertz CT molecular complexity index is 619. The molecule has 0 amide bonds. The Morgan fingerprint density at radius 1 is 1.18 bits per heavy atom. The smallest absolute Gasteiger partial charge is 0.244 e. The van der Waals surface area contributed by atoms with Crippen LogP contribution in [0.15, 0.2) is 8.94 Å². The van der Waals surface area contributed by atoms with Crippen LogP contribution in [0.5, 0.6) is 0 Å². The van der Waals surface area contributed by atoms with Crippen molar-refractivity contribution < 1.29 is 8.94 Å². The summed E-state index contributed by atoms with van der Waals surface area (Å²) in [4.78, 5) is 6.80. The molecular weight excluding hydrogens is 282 g/mol.